The minimum absolute atomic E-state index is 0.0903. The van der Waals surface area contributed by atoms with E-state index in [1.165, 1.54) is 12.1 Å². The zero-order valence-electron chi connectivity index (χ0n) is 10.4. The monoisotopic (exact) mass is 251 g/mol. The van der Waals surface area contributed by atoms with Gasteiger partial charge in [0, 0.05) is 6.54 Å². The molecular weight excluding hydrogens is 234 g/mol. The average molecular weight is 251 g/mol. The number of benzene rings is 1. The summed E-state index contributed by atoms with van der Waals surface area (Å²) < 4.78 is 0. The first kappa shape index (κ1) is 14.0. The quantitative estimate of drug-likeness (QED) is 0.742. The maximum absolute atomic E-state index is 11.7. The van der Waals surface area contributed by atoms with E-state index in [9.17, 15) is 14.7 Å². The summed E-state index contributed by atoms with van der Waals surface area (Å²) in [6, 6.07) is 6.21. The van der Waals surface area contributed by atoms with Gasteiger partial charge >= 0.3 is 5.97 Å². The number of nitrogens with one attached hydrogen (secondary N) is 1. The van der Waals surface area contributed by atoms with Crippen LogP contribution in [0, 0.1) is 5.41 Å². The number of amides is 1. The van der Waals surface area contributed by atoms with Crippen molar-refractivity contribution in [3.05, 3.63) is 29.8 Å². The Hall–Kier alpha value is -2.04. The second kappa shape index (κ2) is 5.53. The fraction of sp³-hybridized carbons (Fsp3) is 0.385. The summed E-state index contributed by atoms with van der Waals surface area (Å²) in [5, 5.41) is 21.0. The maximum atomic E-state index is 11.7. The zero-order chi connectivity index (χ0) is 13.8. The first-order valence-corrected chi connectivity index (χ1v) is 5.64. The number of aromatic hydroxyl groups is 1. The molecule has 0 fully saturated rings. The predicted molar refractivity (Wildman–Crippen MR) is 66.5 cm³/mol. The molecule has 0 heterocycles. The van der Waals surface area contributed by atoms with Crippen LogP contribution in [0.3, 0.4) is 0 Å². The molecule has 0 spiro atoms. The predicted octanol–water partition coefficient (Wildman–Crippen LogP) is 1.62. The summed E-state index contributed by atoms with van der Waals surface area (Å²) in [5.41, 5.74) is -0.697. The van der Waals surface area contributed by atoms with Crippen molar-refractivity contribution in [3.63, 3.8) is 0 Å². The molecule has 0 radical (unpaired) electrons. The first-order valence-electron chi connectivity index (χ1n) is 5.64. The molecule has 0 bridgehead atoms. The van der Waals surface area contributed by atoms with Gasteiger partial charge < -0.3 is 15.5 Å². The van der Waals surface area contributed by atoms with Gasteiger partial charge in [-0.3, -0.25) is 9.59 Å². The number of phenolic OH excluding ortho intramolecular Hbond substituents is 1. The van der Waals surface area contributed by atoms with E-state index in [-0.39, 0.29) is 17.9 Å². The number of aliphatic carboxylic acids is 1. The molecule has 0 unspecified atom stereocenters. The third-order valence-electron chi connectivity index (χ3n) is 2.76. The van der Waals surface area contributed by atoms with Gasteiger partial charge in [0.25, 0.3) is 5.91 Å². The first-order chi connectivity index (χ1) is 8.34. The highest BCUT2D eigenvalue weighted by Crippen LogP contribution is 2.20. The number of carbonyl (C=O) groups excluding carboxylic acids is 1. The van der Waals surface area contributed by atoms with Gasteiger partial charge in [0.1, 0.15) is 5.75 Å². The lowest BCUT2D eigenvalue weighted by Crippen LogP contribution is -2.31. The van der Waals surface area contributed by atoms with Gasteiger partial charge in [-0.05, 0) is 32.4 Å². The molecule has 1 aromatic carbocycles. The number of para-hydroxylation sites is 1. The fourth-order valence-electron chi connectivity index (χ4n) is 1.36. The molecule has 5 heteroatoms. The van der Waals surface area contributed by atoms with Crippen LogP contribution in [0.1, 0.15) is 30.6 Å². The highest BCUT2D eigenvalue weighted by atomic mass is 16.4. The van der Waals surface area contributed by atoms with Crippen LogP contribution < -0.4 is 5.32 Å². The lowest BCUT2D eigenvalue weighted by Gasteiger charge is -2.18. The van der Waals surface area contributed by atoms with Crippen LogP contribution in [-0.2, 0) is 4.79 Å². The summed E-state index contributed by atoms with van der Waals surface area (Å²) >= 11 is 0. The summed E-state index contributed by atoms with van der Waals surface area (Å²) in [5.74, 6) is -1.40. The standard InChI is InChI=1S/C13H17NO4/c1-13(2,12(17)18)7-8-14-11(16)9-5-3-4-6-10(9)15/h3-6,15H,7-8H2,1-2H3,(H,14,16)(H,17,18). The van der Waals surface area contributed by atoms with Crippen LogP contribution in [0.5, 0.6) is 5.75 Å². The Morgan fingerprint density at radius 2 is 1.89 bits per heavy atom. The smallest absolute Gasteiger partial charge is 0.309 e. The molecule has 0 aliphatic heterocycles. The second-order valence-corrected chi connectivity index (χ2v) is 4.71. The number of carbonyl (C=O) groups is 2. The molecule has 3 N–H and O–H groups in total. The third kappa shape index (κ3) is 3.48. The number of rotatable bonds is 5. The Balaban J connectivity index is 2.53. The number of hydrogen-bond acceptors (Lipinski definition) is 3. The lowest BCUT2D eigenvalue weighted by atomic mass is 9.90. The molecule has 0 aromatic heterocycles. The average Bonchev–Trinajstić information content (AvgIpc) is 2.29. The van der Waals surface area contributed by atoms with Crippen molar-refractivity contribution in [3.8, 4) is 5.75 Å². The second-order valence-electron chi connectivity index (χ2n) is 4.71. The van der Waals surface area contributed by atoms with Crippen LogP contribution in [0.4, 0.5) is 0 Å². The van der Waals surface area contributed by atoms with Crippen LogP contribution in [0.2, 0.25) is 0 Å². The summed E-state index contributed by atoms with van der Waals surface area (Å²) in [6.07, 6.45) is 0.321. The summed E-state index contributed by atoms with van der Waals surface area (Å²) in [7, 11) is 0. The van der Waals surface area contributed by atoms with E-state index in [0.29, 0.717) is 6.42 Å². The van der Waals surface area contributed by atoms with Crippen molar-refractivity contribution in [1.82, 2.24) is 5.32 Å². The van der Waals surface area contributed by atoms with Crippen LogP contribution in [0.15, 0.2) is 24.3 Å². The van der Waals surface area contributed by atoms with Crippen molar-refractivity contribution >= 4 is 11.9 Å². The van der Waals surface area contributed by atoms with Gasteiger partial charge in [-0.15, -0.1) is 0 Å². The van der Waals surface area contributed by atoms with Crippen LogP contribution in [0.25, 0.3) is 0 Å². The molecule has 18 heavy (non-hydrogen) atoms. The summed E-state index contributed by atoms with van der Waals surface area (Å²) in [6.45, 7) is 3.44. The number of hydrogen-bond donors (Lipinski definition) is 3. The molecule has 0 atom stereocenters. The topological polar surface area (TPSA) is 86.6 Å². The lowest BCUT2D eigenvalue weighted by molar-refractivity contribution is -0.147. The van der Waals surface area contributed by atoms with Crippen LogP contribution >= 0.6 is 0 Å². The Labute approximate surface area is 105 Å². The largest absolute Gasteiger partial charge is 0.507 e. The Kier molecular flexibility index (Phi) is 4.31. The minimum Gasteiger partial charge on any atom is -0.507 e. The Bertz CT molecular complexity index is 454. The summed E-state index contributed by atoms with van der Waals surface area (Å²) in [4.78, 5) is 22.6. The molecular formula is C13H17NO4. The van der Waals surface area contributed by atoms with Gasteiger partial charge in [0.05, 0.1) is 11.0 Å². The molecule has 98 valence electrons. The van der Waals surface area contributed by atoms with Crippen molar-refractivity contribution in [2.24, 2.45) is 5.41 Å². The third-order valence-corrected chi connectivity index (χ3v) is 2.76. The van der Waals surface area contributed by atoms with E-state index in [2.05, 4.69) is 5.32 Å². The highest BCUT2D eigenvalue weighted by molar-refractivity contribution is 5.96. The number of carboxylic acid groups (broad SMARTS) is 1. The van der Waals surface area contributed by atoms with Crippen molar-refractivity contribution < 1.29 is 19.8 Å². The number of phenols is 1. The zero-order valence-corrected chi connectivity index (χ0v) is 10.4. The van der Waals surface area contributed by atoms with E-state index in [1.54, 1.807) is 26.0 Å². The molecule has 1 rings (SSSR count). The maximum Gasteiger partial charge on any atom is 0.309 e. The van der Waals surface area contributed by atoms with Gasteiger partial charge in [-0.1, -0.05) is 12.1 Å². The molecule has 0 aliphatic carbocycles. The van der Waals surface area contributed by atoms with Crippen molar-refractivity contribution in [2.45, 2.75) is 20.3 Å². The molecule has 0 saturated carbocycles. The Morgan fingerprint density at radius 1 is 1.28 bits per heavy atom. The van der Waals surface area contributed by atoms with E-state index < -0.39 is 17.3 Å². The molecule has 0 aliphatic rings. The fourth-order valence-corrected chi connectivity index (χ4v) is 1.36. The molecule has 1 amide bonds. The van der Waals surface area contributed by atoms with Gasteiger partial charge in [0.2, 0.25) is 0 Å². The minimum atomic E-state index is -0.903. The Morgan fingerprint density at radius 3 is 2.44 bits per heavy atom. The molecule has 5 nitrogen and oxygen atoms in total. The highest BCUT2D eigenvalue weighted by Gasteiger charge is 2.26. The van der Waals surface area contributed by atoms with Crippen molar-refractivity contribution in [2.75, 3.05) is 6.54 Å². The van der Waals surface area contributed by atoms with Crippen LogP contribution in [-0.4, -0.2) is 28.6 Å². The van der Waals surface area contributed by atoms with Gasteiger partial charge in [-0.2, -0.15) is 0 Å². The van der Waals surface area contributed by atoms with Gasteiger partial charge in [0.15, 0.2) is 0 Å². The van der Waals surface area contributed by atoms with E-state index in [4.69, 9.17) is 5.11 Å². The normalized spacial score (nSPS) is 11.0. The van der Waals surface area contributed by atoms with E-state index in [1.807, 2.05) is 0 Å². The molecule has 1 aromatic rings. The van der Waals surface area contributed by atoms with Crippen molar-refractivity contribution in [1.29, 1.82) is 0 Å². The SMILES string of the molecule is CC(C)(CCNC(=O)c1ccccc1O)C(=O)O. The number of carboxylic acids is 1. The van der Waals surface area contributed by atoms with E-state index >= 15 is 0 Å². The molecule has 0 saturated heterocycles. The van der Waals surface area contributed by atoms with Gasteiger partial charge in [-0.25, -0.2) is 0 Å². The van der Waals surface area contributed by atoms with E-state index in [0.717, 1.165) is 0 Å².